The van der Waals surface area contributed by atoms with Crippen LogP contribution in [0.25, 0.3) is 11.4 Å². The average Bonchev–Trinajstić information content (AvgIpc) is 3.76. The molecule has 2 bridgehead atoms. The molecule has 0 saturated carbocycles. The summed E-state index contributed by atoms with van der Waals surface area (Å²) in [6, 6.07) is 13.3. The maximum Gasteiger partial charge on any atom is 0.246 e. The summed E-state index contributed by atoms with van der Waals surface area (Å²) in [6.45, 7) is 1.21. The van der Waals surface area contributed by atoms with E-state index in [-0.39, 0.29) is 69.0 Å². The number of halogens is 1. The Morgan fingerprint density at radius 3 is 2.58 bits per heavy atom. The van der Waals surface area contributed by atoms with Gasteiger partial charge in [-0.05, 0) is 47.9 Å². The number of tetrazole rings is 1. The van der Waals surface area contributed by atoms with Crippen molar-refractivity contribution in [1.29, 1.82) is 0 Å². The van der Waals surface area contributed by atoms with Crippen LogP contribution < -0.4 is 10.6 Å². The molecule has 1 fully saturated rings. The molecule has 0 unspecified atom stereocenters. The average molecular weight is 658 g/mol. The molecule has 4 aromatic rings. The lowest BCUT2D eigenvalue weighted by atomic mass is 10.0. The van der Waals surface area contributed by atoms with Gasteiger partial charge in [0.2, 0.25) is 29.5 Å². The number of nitrogens with zero attached hydrogens (tertiary/aromatic N) is 9. The first-order valence-corrected chi connectivity index (χ1v) is 15.9. The lowest BCUT2D eigenvalue weighted by molar-refractivity contribution is -0.150. The van der Waals surface area contributed by atoms with E-state index in [1.807, 2.05) is 30.3 Å². The number of hydrogen-bond acceptors (Lipinski definition) is 9. The van der Waals surface area contributed by atoms with Gasteiger partial charge >= 0.3 is 0 Å². The van der Waals surface area contributed by atoms with Crippen molar-refractivity contribution >= 4 is 23.6 Å². The van der Waals surface area contributed by atoms with Crippen LogP contribution >= 0.6 is 0 Å². The van der Waals surface area contributed by atoms with Crippen LogP contribution in [0.1, 0.15) is 36.9 Å². The summed E-state index contributed by atoms with van der Waals surface area (Å²) in [6.07, 6.45) is 3.22. The summed E-state index contributed by atoms with van der Waals surface area (Å²) >= 11 is 0. The molecule has 15 nitrogen and oxygen atoms in total. The van der Waals surface area contributed by atoms with Gasteiger partial charge < -0.3 is 20.4 Å². The minimum atomic E-state index is -0.985. The predicted octanol–water partition coefficient (Wildman–Crippen LogP) is 0.728. The maximum atomic E-state index is 14.1. The number of fused-ring (bicyclic) bond motifs is 3. The van der Waals surface area contributed by atoms with Crippen molar-refractivity contribution in [3.05, 3.63) is 77.9 Å². The van der Waals surface area contributed by atoms with Crippen LogP contribution in [0.4, 0.5) is 4.39 Å². The Morgan fingerprint density at radius 1 is 0.958 bits per heavy atom. The summed E-state index contributed by atoms with van der Waals surface area (Å²) in [5.74, 6) is -1.29. The fourth-order valence-corrected chi connectivity index (χ4v) is 5.82. The second kappa shape index (κ2) is 14.9. The van der Waals surface area contributed by atoms with Crippen molar-refractivity contribution < 1.29 is 23.6 Å². The topological polar surface area (TPSA) is 173 Å². The van der Waals surface area contributed by atoms with Gasteiger partial charge in [0, 0.05) is 44.5 Å². The lowest BCUT2D eigenvalue weighted by Gasteiger charge is -2.42. The zero-order chi connectivity index (χ0) is 33.5. The first-order valence-electron chi connectivity index (χ1n) is 15.9. The van der Waals surface area contributed by atoms with Crippen molar-refractivity contribution in [2.75, 3.05) is 19.6 Å². The Balaban J connectivity index is 1.14. The van der Waals surface area contributed by atoms with Gasteiger partial charge in [-0.2, -0.15) is 4.80 Å². The third-order valence-electron chi connectivity index (χ3n) is 8.36. The molecule has 48 heavy (non-hydrogen) atoms. The van der Waals surface area contributed by atoms with E-state index in [2.05, 4.69) is 36.4 Å². The number of hydrogen-bond donors (Lipinski definition) is 2. The van der Waals surface area contributed by atoms with E-state index < -0.39 is 18.0 Å². The molecular weight excluding hydrogens is 621 g/mol. The Hall–Kier alpha value is -5.54. The first-order chi connectivity index (χ1) is 23.3. The molecule has 2 aliphatic heterocycles. The minimum Gasteiger partial charge on any atom is -0.348 e. The summed E-state index contributed by atoms with van der Waals surface area (Å²) in [5, 5.41) is 26.3. The molecule has 2 aliphatic rings. The Labute approximate surface area is 275 Å². The number of amides is 4. The van der Waals surface area contributed by atoms with Crippen molar-refractivity contribution in [2.45, 2.75) is 63.8 Å². The fraction of sp³-hybridized carbons (Fsp3) is 0.406. The number of piperazine rings is 1. The monoisotopic (exact) mass is 657 g/mol. The number of nitrogens with one attached hydrogen (secondary N) is 2. The highest BCUT2D eigenvalue weighted by Gasteiger charge is 2.39. The molecule has 0 radical (unpaired) electrons. The molecule has 4 amide bonds. The van der Waals surface area contributed by atoms with Gasteiger partial charge in [0.1, 0.15) is 23.6 Å². The number of aromatic nitrogens is 7. The first kappa shape index (κ1) is 32.4. The summed E-state index contributed by atoms with van der Waals surface area (Å²) < 4.78 is 14.9. The van der Waals surface area contributed by atoms with Gasteiger partial charge in [0.15, 0.2) is 0 Å². The number of benzene rings is 2. The van der Waals surface area contributed by atoms with Crippen molar-refractivity contribution in [2.24, 2.45) is 0 Å². The number of rotatable bonds is 7. The van der Waals surface area contributed by atoms with Crippen LogP contribution in [0.2, 0.25) is 0 Å². The molecule has 1 saturated heterocycles. The summed E-state index contributed by atoms with van der Waals surface area (Å²) in [5.41, 5.74) is 2.03. The molecule has 0 spiro atoms. The molecular formula is C32H36FN11O4. The summed E-state index contributed by atoms with van der Waals surface area (Å²) in [4.78, 5) is 58.5. The predicted molar refractivity (Wildman–Crippen MR) is 168 cm³/mol. The molecule has 2 atom stereocenters. The fourth-order valence-electron chi connectivity index (χ4n) is 5.82. The van der Waals surface area contributed by atoms with Gasteiger partial charge in [-0.1, -0.05) is 35.5 Å². The van der Waals surface area contributed by atoms with Crippen LogP contribution in [-0.2, 0) is 45.2 Å². The third kappa shape index (κ3) is 8.05. The molecule has 16 heteroatoms. The quantitative estimate of drug-likeness (QED) is 0.291. The molecule has 0 aliphatic carbocycles. The van der Waals surface area contributed by atoms with Crippen LogP contribution in [0, 0.1) is 5.82 Å². The molecule has 2 N–H and O–H groups in total. The highest BCUT2D eigenvalue weighted by atomic mass is 19.1. The highest BCUT2D eigenvalue weighted by molar-refractivity contribution is 5.93. The Kier molecular flexibility index (Phi) is 10.1. The summed E-state index contributed by atoms with van der Waals surface area (Å²) in [7, 11) is 0. The standard InChI is InChI=1S/C32H36FN11O4/c33-24-12-10-23(11-13-24)30-37-40-44(38-30)15-5-9-29(46)41-16-17-43-27(21-41)31(47)34-19-25-20-42(39-36-25)14-4-8-28(45)35-26(32(43)48)18-22-6-2-1-3-7-22/h1-3,6-7,10-13,20,26-27H,4-5,8-9,14-19,21H2,(H,34,47)(H,35,45)/t26-,27+/m0/s1. The van der Waals surface area contributed by atoms with Gasteiger partial charge in [0.25, 0.3) is 0 Å². The second-order valence-electron chi connectivity index (χ2n) is 11.8. The van der Waals surface area contributed by atoms with Gasteiger partial charge in [0.05, 0.1) is 25.8 Å². The van der Waals surface area contributed by atoms with E-state index in [1.165, 1.54) is 21.8 Å². The largest absolute Gasteiger partial charge is 0.348 e. The van der Waals surface area contributed by atoms with Crippen LogP contribution in [-0.4, -0.2) is 100 Å². The number of aryl methyl sites for hydroxylation is 2. The van der Waals surface area contributed by atoms with Crippen molar-refractivity contribution in [3.63, 3.8) is 0 Å². The zero-order valence-corrected chi connectivity index (χ0v) is 26.2. The van der Waals surface area contributed by atoms with E-state index in [1.54, 1.807) is 27.9 Å². The van der Waals surface area contributed by atoms with E-state index in [9.17, 15) is 23.6 Å². The Morgan fingerprint density at radius 2 is 1.77 bits per heavy atom. The van der Waals surface area contributed by atoms with E-state index in [4.69, 9.17) is 0 Å². The van der Waals surface area contributed by atoms with E-state index in [0.29, 0.717) is 43.0 Å². The van der Waals surface area contributed by atoms with Gasteiger partial charge in [-0.25, -0.2) is 4.39 Å². The van der Waals surface area contributed by atoms with Crippen LogP contribution in [0.3, 0.4) is 0 Å². The zero-order valence-electron chi connectivity index (χ0n) is 26.2. The van der Waals surface area contributed by atoms with E-state index >= 15 is 0 Å². The van der Waals surface area contributed by atoms with Crippen LogP contribution in [0.15, 0.2) is 60.8 Å². The normalized spacial score (nSPS) is 19.1. The molecule has 4 heterocycles. The SMILES string of the molecule is O=C1CCCn2cc(nn2)CNC(=O)[C@H]2CN(C(=O)CCCn3nnc(-c4ccc(F)cc4)n3)CCN2C(=O)[C@H](Cc2ccccc2)N1. The van der Waals surface area contributed by atoms with Crippen molar-refractivity contribution in [1.82, 2.24) is 55.6 Å². The highest BCUT2D eigenvalue weighted by Crippen LogP contribution is 2.18. The Bertz CT molecular complexity index is 1740. The van der Waals surface area contributed by atoms with Crippen LogP contribution in [0.5, 0.6) is 0 Å². The van der Waals surface area contributed by atoms with Crippen molar-refractivity contribution in [3.8, 4) is 11.4 Å². The van der Waals surface area contributed by atoms with E-state index in [0.717, 1.165) is 5.56 Å². The van der Waals surface area contributed by atoms with Gasteiger partial charge in [-0.3, -0.25) is 23.9 Å². The maximum absolute atomic E-state index is 14.1. The smallest absolute Gasteiger partial charge is 0.246 e. The molecule has 250 valence electrons. The number of carbonyl (C=O) groups is 4. The third-order valence-corrected chi connectivity index (χ3v) is 8.36. The molecule has 6 rings (SSSR count). The second-order valence-corrected chi connectivity index (χ2v) is 11.8. The molecule has 2 aromatic heterocycles. The number of carbonyl (C=O) groups excluding carboxylic acids is 4. The van der Waals surface area contributed by atoms with Gasteiger partial charge in [-0.15, -0.1) is 15.3 Å². The molecule has 2 aromatic carbocycles. The minimum absolute atomic E-state index is 0.00854. The lowest BCUT2D eigenvalue weighted by Crippen LogP contribution is -2.64.